The van der Waals surface area contributed by atoms with Gasteiger partial charge >= 0.3 is 0 Å². The maximum absolute atomic E-state index is 12.9. The highest BCUT2D eigenvalue weighted by atomic mass is 16.2. The summed E-state index contributed by atoms with van der Waals surface area (Å²) >= 11 is 0. The molecule has 4 rings (SSSR count). The van der Waals surface area contributed by atoms with Gasteiger partial charge in [-0.15, -0.1) is 0 Å². The van der Waals surface area contributed by atoms with E-state index >= 15 is 0 Å². The molecule has 3 aromatic heterocycles. The number of hydrogen-bond donors (Lipinski definition) is 2. The van der Waals surface area contributed by atoms with E-state index in [1.807, 2.05) is 50.2 Å². The first-order valence-corrected chi connectivity index (χ1v) is 9.55. The lowest BCUT2D eigenvalue weighted by atomic mass is 10.1. The SMILES string of the molecule is Cc1cc(C)cc(NC(=O)c2nc(C(=O)NCc3ccncc3)c3ccccn23)c1. The van der Waals surface area contributed by atoms with Gasteiger partial charge in [0.1, 0.15) is 0 Å². The monoisotopic (exact) mass is 399 g/mol. The molecule has 0 spiro atoms. The van der Waals surface area contributed by atoms with E-state index in [1.54, 1.807) is 35.1 Å². The minimum Gasteiger partial charge on any atom is -0.347 e. The second-order valence-electron chi connectivity index (χ2n) is 7.11. The zero-order chi connectivity index (χ0) is 21.1. The fourth-order valence-corrected chi connectivity index (χ4v) is 3.37. The molecular formula is C23H21N5O2. The fraction of sp³-hybridized carbons (Fsp3) is 0.130. The Morgan fingerprint density at radius 3 is 2.43 bits per heavy atom. The van der Waals surface area contributed by atoms with Crippen molar-refractivity contribution in [3.63, 3.8) is 0 Å². The Hall–Kier alpha value is -4.00. The van der Waals surface area contributed by atoms with Crippen LogP contribution < -0.4 is 10.6 Å². The highest BCUT2D eigenvalue weighted by Crippen LogP contribution is 2.17. The average Bonchev–Trinajstić information content (AvgIpc) is 3.12. The molecule has 7 heteroatoms. The van der Waals surface area contributed by atoms with Crippen molar-refractivity contribution in [2.45, 2.75) is 20.4 Å². The third-order valence-corrected chi connectivity index (χ3v) is 4.65. The summed E-state index contributed by atoms with van der Waals surface area (Å²) in [6.07, 6.45) is 5.06. The number of nitrogens with zero attached hydrogens (tertiary/aromatic N) is 3. The molecule has 7 nitrogen and oxygen atoms in total. The van der Waals surface area contributed by atoms with Gasteiger partial charge in [-0.2, -0.15) is 0 Å². The van der Waals surface area contributed by atoms with Gasteiger partial charge in [0.25, 0.3) is 11.8 Å². The number of pyridine rings is 2. The molecule has 1 aromatic carbocycles. The third-order valence-electron chi connectivity index (χ3n) is 4.65. The summed E-state index contributed by atoms with van der Waals surface area (Å²) in [5.74, 6) is -0.575. The molecule has 0 aliphatic carbocycles. The molecule has 2 N–H and O–H groups in total. The molecule has 30 heavy (non-hydrogen) atoms. The molecule has 0 aliphatic heterocycles. The Morgan fingerprint density at radius 1 is 0.967 bits per heavy atom. The standard InChI is InChI=1S/C23H21N5O2/c1-15-11-16(2)13-18(12-15)26-23(30)21-27-20(19-5-3-4-10-28(19)21)22(29)25-14-17-6-8-24-9-7-17/h3-13H,14H2,1-2H3,(H,25,29)(H,26,30). The Kier molecular flexibility index (Phi) is 5.26. The molecule has 3 heterocycles. The van der Waals surface area contributed by atoms with Crippen molar-refractivity contribution in [2.24, 2.45) is 0 Å². The normalized spacial score (nSPS) is 10.7. The zero-order valence-electron chi connectivity index (χ0n) is 16.7. The number of amides is 2. The maximum Gasteiger partial charge on any atom is 0.292 e. The number of carbonyl (C=O) groups is 2. The van der Waals surface area contributed by atoms with Crippen LogP contribution in [0.4, 0.5) is 5.69 Å². The van der Waals surface area contributed by atoms with E-state index in [0.29, 0.717) is 17.7 Å². The van der Waals surface area contributed by atoms with Crippen molar-refractivity contribution in [1.82, 2.24) is 19.7 Å². The van der Waals surface area contributed by atoms with Crippen molar-refractivity contribution in [3.8, 4) is 0 Å². The van der Waals surface area contributed by atoms with Gasteiger partial charge in [-0.25, -0.2) is 4.98 Å². The van der Waals surface area contributed by atoms with E-state index in [0.717, 1.165) is 16.7 Å². The molecule has 0 fully saturated rings. The van der Waals surface area contributed by atoms with Crippen molar-refractivity contribution >= 4 is 23.0 Å². The van der Waals surface area contributed by atoms with Crippen LogP contribution in [0.5, 0.6) is 0 Å². The summed E-state index contributed by atoms with van der Waals surface area (Å²) in [6, 6.07) is 14.8. The van der Waals surface area contributed by atoms with Crippen LogP contribution >= 0.6 is 0 Å². The van der Waals surface area contributed by atoms with Gasteiger partial charge in [0, 0.05) is 30.8 Å². The van der Waals surface area contributed by atoms with E-state index < -0.39 is 0 Å². The van der Waals surface area contributed by atoms with Crippen LogP contribution in [0.25, 0.3) is 5.52 Å². The number of hydrogen-bond acceptors (Lipinski definition) is 4. The van der Waals surface area contributed by atoms with Gasteiger partial charge in [-0.1, -0.05) is 12.1 Å². The first kappa shape index (κ1) is 19.3. The smallest absolute Gasteiger partial charge is 0.292 e. The number of anilines is 1. The highest BCUT2D eigenvalue weighted by Gasteiger charge is 2.21. The molecule has 4 aromatic rings. The van der Waals surface area contributed by atoms with Crippen molar-refractivity contribution in [2.75, 3.05) is 5.32 Å². The van der Waals surface area contributed by atoms with Crippen LogP contribution in [0.2, 0.25) is 0 Å². The first-order chi connectivity index (χ1) is 14.5. The molecule has 0 unspecified atom stereocenters. The van der Waals surface area contributed by atoms with Crippen molar-refractivity contribution < 1.29 is 9.59 Å². The summed E-state index contributed by atoms with van der Waals surface area (Å²) in [5.41, 5.74) is 4.48. The van der Waals surface area contributed by atoms with Crippen LogP contribution in [0.3, 0.4) is 0 Å². The number of nitrogens with one attached hydrogen (secondary N) is 2. The number of aryl methyl sites for hydroxylation is 2. The molecule has 0 saturated carbocycles. The Labute approximate surface area is 173 Å². The predicted molar refractivity (Wildman–Crippen MR) is 114 cm³/mol. The van der Waals surface area contributed by atoms with Crippen LogP contribution in [0, 0.1) is 13.8 Å². The minimum absolute atomic E-state index is 0.152. The Bertz CT molecular complexity index is 1210. The number of aromatic nitrogens is 3. The summed E-state index contributed by atoms with van der Waals surface area (Å²) in [5, 5.41) is 5.73. The number of fused-ring (bicyclic) bond motifs is 1. The van der Waals surface area contributed by atoms with Gasteiger partial charge in [-0.3, -0.25) is 19.0 Å². The largest absolute Gasteiger partial charge is 0.347 e. The number of benzene rings is 1. The van der Waals surface area contributed by atoms with E-state index in [-0.39, 0.29) is 23.3 Å². The summed E-state index contributed by atoms with van der Waals surface area (Å²) < 4.78 is 1.62. The van der Waals surface area contributed by atoms with E-state index in [2.05, 4.69) is 20.6 Å². The molecular weight excluding hydrogens is 378 g/mol. The lowest BCUT2D eigenvalue weighted by Crippen LogP contribution is -2.23. The number of rotatable bonds is 5. The summed E-state index contributed by atoms with van der Waals surface area (Å²) in [7, 11) is 0. The average molecular weight is 399 g/mol. The molecule has 2 amide bonds. The van der Waals surface area contributed by atoms with Crippen LogP contribution in [-0.2, 0) is 6.54 Å². The van der Waals surface area contributed by atoms with Crippen LogP contribution in [-0.4, -0.2) is 26.2 Å². The van der Waals surface area contributed by atoms with Crippen LogP contribution in [0.1, 0.15) is 37.8 Å². The van der Waals surface area contributed by atoms with Gasteiger partial charge in [0.05, 0.1) is 5.52 Å². The second-order valence-corrected chi connectivity index (χ2v) is 7.11. The van der Waals surface area contributed by atoms with Crippen molar-refractivity contribution in [3.05, 3.63) is 95.3 Å². The van der Waals surface area contributed by atoms with Crippen molar-refractivity contribution in [1.29, 1.82) is 0 Å². The fourth-order valence-electron chi connectivity index (χ4n) is 3.37. The molecule has 0 radical (unpaired) electrons. The van der Waals surface area contributed by atoms with Gasteiger partial charge in [0.15, 0.2) is 5.69 Å². The highest BCUT2D eigenvalue weighted by molar-refractivity contribution is 6.06. The summed E-state index contributed by atoms with van der Waals surface area (Å²) in [6.45, 7) is 4.29. The predicted octanol–water partition coefficient (Wildman–Crippen LogP) is 3.53. The third kappa shape index (κ3) is 4.05. The first-order valence-electron chi connectivity index (χ1n) is 9.55. The number of imidazole rings is 1. The molecule has 0 atom stereocenters. The topological polar surface area (TPSA) is 88.4 Å². The maximum atomic E-state index is 12.9. The number of carbonyl (C=O) groups excluding carboxylic acids is 2. The van der Waals surface area contributed by atoms with Gasteiger partial charge in [-0.05, 0) is 66.9 Å². The molecule has 0 aliphatic rings. The Balaban J connectivity index is 1.61. The van der Waals surface area contributed by atoms with E-state index in [4.69, 9.17) is 0 Å². The second kappa shape index (κ2) is 8.16. The van der Waals surface area contributed by atoms with Gasteiger partial charge < -0.3 is 10.6 Å². The van der Waals surface area contributed by atoms with E-state index in [9.17, 15) is 9.59 Å². The molecule has 150 valence electrons. The molecule has 0 saturated heterocycles. The Morgan fingerprint density at radius 2 is 1.70 bits per heavy atom. The molecule has 0 bridgehead atoms. The lowest BCUT2D eigenvalue weighted by molar-refractivity contribution is 0.0948. The van der Waals surface area contributed by atoms with E-state index in [1.165, 1.54) is 0 Å². The zero-order valence-corrected chi connectivity index (χ0v) is 16.7. The minimum atomic E-state index is -0.380. The quantitative estimate of drug-likeness (QED) is 0.537. The lowest BCUT2D eigenvalue weighted by Gasteiger charge is -2.07. The summed E-state index contributed by atoms with van der Waals surface area (Å²) in [4.78, 5) is 34.0. The van der Waals surface area contributed by atoms with Crippen LogP contribution in [0.15, 0.2) is 67.1 Å². The van der Waals surface area contributed by atoms with Gasteiger partial charge in [0.2, 0.25) is 5.82 Å².